The zero-order valence-electron chi connectivity index (χ0n) is 14.8. The largest absolute Gasteiger partial charge is 0.330 e. The maximum absolute atomic E-state index is 12.4. The van der Waals surface area contributed by atoms with Crippen LogP contribution >= 0.6 is 24.8 Å². The third kappa shape index (κ3) is 5.97. The molecule has 6 nitrogen and oxygen atoms in total. The Morgan fingerprint density at radius 3 is 2.54 bits per heavy atom. The lowest BCUT2D eigenvalue weighted by Gasteiger charge is -2.35. The van der Waals surface area contributed by atoms with Crippen molar-refractivity contribution in [2.75, 3.05) is 11.9 Å². The third-order valence-electron chi connectivity index (χ3n) is 4.89. The average molecular weight is 400 g/mol. The number of hydrogen-bond acceptors (Lipinski definition) is 4. The molecular formula is C18H27Cl2N5O. The molecule has 1 amide bonds. The van der Waals surface area contributed by atoms with Crippen LogP contribution in [0.15, 0.2) is 36.9 Å². The fraction of sp³-hybridized carbons (Fsp3) is 0.500. The van der Waals surface area contributed by atoms with E-state index in [4.69, 9.17) is 5.73 Å². The Hall–Kier alpha value is -1.63. The average Bonchev–Trinajstić information content (AvgIpc) is 3.03. The number of nitrogens with zero attached hydrogens (tertiary/aromatic N) is 3. The van der Waals surface area contributed by atoms with Crippen LogP contribution < -0.4 is 11.1 Å². The first-order valence-corrected chi connectivity index (χ1v) is 8.60. The Balaban J connectivity index is 0.00000169. The maximum atomic E-state index is 12.4. The summed E-state index contributed by atoms with van der Waals surface area (Å²) in [6.45, 7) is 1.24. The van der Waals surface area contributed by atoms with E-state index in [-0.39, 0.29) is 36.1 Å². The number of pyridine rings is 1. The van der Waals surface area contributed by atoms with Crippen LogP contribution in [-0.4, -0.2) is 27.2 Å². The predicted molar refractivity (Wildman–Crippen MR) is 108 cm³/mol. The van der Waals surface area contributed by atoms with Gasteiger partial charge >= 0.3 is 0 Å². The molecule has 1 fully saturated rings. The number of amides is 1. The van der Waals surface area contributed by atoms with E-state index in [0.29, 0.717) is 19.5 Å². The molecule has 0 aliphatic heterocycles. The van der Waals surface area contributed by atoms with Crippen LogP contribution in [0.3, 0.4) is 0 Å². The molecule has 2 heterocycles. The molecule has 8 heteroatoms. The lowest BCUT2D eigenvalue weighted by Crippen LogP contribution is -2.36. The van der Waals surface area contributed by atoms with Gasteiger partial charge in [0.05, 0.1) is 18.4 Å². The lowest BCUT2D eigenvalue weighted by atomic mass is 9.71. The summed E-state index contributed by atoms with van der Waals surface area (Å²) in [5, 5.41) is 7.27. The van der Waals surface area contributed by atoms with E-state index in [1.807, 2.05) is 23.0 Å². The zero-order valence-corrected chi connectivity index (χ0v) is 16.4. The summed E-state index contributed by atoms with van der Waals surface area (Å²) in [7, 11) is 0. The Morgan fingerprint density at radius 2 is 1.88 bits per heavy atom. The number of carbonyl (C=O) groups is 1. The van der Waals surface area contributed by atoms with Crippen molar-refractivity contribution in [1.82, 2.24) is 14.8 Å². The normalized spacial score (nSPS) is 15.4. The molecule has 1 aliphatic carbocycles. The topological polar surface area (TPSA) is 85.8 Å². The molecule has 144 valence electrons. The number of hydrogen-bond donors (Lipinski definition) is 2. The number of nitrogens with two attached hydrogens (primary N) is 1. The lowest BCUT2D eigenvalue weighted by molar-refractivity contribution is -0.118. The van der Waals surface area contributed by atoms with Gasteiger partial charge in [-0.05, 0) is 42.5 Å². The minimum atomic E-state index is -0.0185. The molecule has 2 aromatic rings. The minimum absolute atomic E-state index is 0. The smallest absolute Gasteiger partial charge is 0.225 e. The number of anilines is 1. The summed E-state index contributed by atoms with van der Waals surface area (Å²) in [6, 6.07) is 3.90. The summed E-state index contributed by atoms with van der Waals surface area (Å²) in [5.74, 6) is 0.0332. The summed E-state index contributed by atoms with van der Waals surface area (Å²) in [5.41, 5.74) is 7.80. The van der Waals surface area contributed by atoms with Crippen molar-refractivity contribution >= 4 is 36.4 Å². The molecule has 1 aliphatic rings. The van der Waals surface area contributed by atoms with Gasteiger partial charge in [0.15, 0.2) is 0 Å². The van der Waals surface area contributed by atoms with Crippen LogP contribution in [0.25, 0.3) is 0 Å². The monoisotopic (exact) mass is 399 g/mol. The van der Waals surface area contributed by atoms with Crippen molar-refractivity contribution in [2.45, 2.75) is 45.1 Å². The van der Waals surface area contributed by atoms with Gasteiger partial charge in [-0.25, -0.2) is 0 Å². The van der Waals surface area contributed by atoms with Crippen molar-refractivity contribution in [1.29, 1.82) is 0 Å². The minimum Gasteiger partial charge on any atom is -0.330 e. The first-order valence-electron chi connectivity index (χ1n) is 8.60. The van der Waals surface area contributed by atoms with E-state index >= 15 is 0 Å². The van der Waals surface area contributed by atoms with Gasteiger partial charge in [0.1, 0.15) is 0 Å². The van der Waals surface area contributed by atoms with Gasteiger partial charge < -0.3 is 11.1 Å². The van der Waals surface area contributed by atoms with Gasteiger partial charge in [0, 0.05) is 25.0 Å². The van der Waals surface area contributed by atoms with E-state index < -0.39 is 0 Å². The van der Waals surface area contributed by atoms with Gasteiger partial charge in [0.25, 0.3) is 0 Å². The van der Waals surface area contributed by atoms with Gasteiger partial charge in [-0.2, -0.15) is 5.10 Å². The molecule has 0 unspecified atom stereocenters. The SMILES string of the molecule is Cl.Cl.NCC1(CC(=O)Nc2cnn(Cc3ccncc3)c2)CCCCC1. The fourth-order valence-corrected chi connectivity index (χ4v) is 3.49. The van der Waals surface area contributed by atoms with E-state index in [2.05, 4.69) is 15.4 Å². The fourth-order valence-electron chi connectivity index (χ4n) is 3.49. The van der Waals surface area contributed by atoms with Crippen LogP contribution in [0.2, 0.25) is 0 Å². The van der Waals surface area contributed by atoms with Crippen LogP contribution in [0.4, 0.5) is 5.69 Å². The zero-order chi connectivity index (χ0) is 16.8. The molecule has 0 bridgehead atoms. The number of nitrogens with one attached hydrogen (secondary N) is 1. The second-order valence-corrected chi connectivity index (χ2v) is 6.77. The Kier molecular flexibility index (Phi) is 9.05. The number of aromatic nitrogens is 3. The Labute approximate surface area is 166 Å². The van der Waals surface area contributed by atoms with Crippen molar-refractivity contribution in [2.24, 2.45) is 11.1 Å². The number of rotatable bonds is 6. The van der Waals surface area contributed by atoms with Gasteiger partial charge in [0.2, 0.25) is 5.91 Å². The van der Waals surface area contributed by atoms with E-state index in [1.165, 1.54) is 19.3 Å². The highest BCUT2D eigenvalue weighted by atomic mass is 35.5. The quantitative estimate of drug-likeness (QED) is 0.778. The van der Waals surface area contributed by atoms with E-state index in [9.17, 15) is 4.79 Å². The van der Waals surface area contributed by atoms with Gasteiger partial charge in [-0.1, -0.05) is 19.3 Å². The molecule has 1 saturated carbocycles. The summed E-state index contributed by atoms with van der Waals surface area (Å²) >= 11 is 0. The second-order valence-electron chi connectivity index (χ2n) is 6.77. The van der Waals surface area contributed by atoms with Crippen LogP contribution in [0.1, 0.15) is 44.1 Å². The summed E-state index contributed by atoms with van der Waals surface area (Å²) in [4.78, 5) is 16.4. The standard InChI is InChI=1S/C18H25N5O.2ClH/c19-14-18(6-2-1-3-7-18)10-17(24)22-16-11-21-23(13-16)12-15-4-8-20-9-5-15;;/h4-5,8-9,11,13H,1-3,6-7,10,12,14,19H2,(H,22,24);2*1H. The number of carbonyl (C=O) groups excluding carboxylic acids is 1. The van der Waals surface area contributed by atoms with Crippen LogP contribution in [-0.2, 0) is 11.3 Å². The first kappa shape index (κ1) is 22.4. The molecule has 26 heavy (non-hydrogen) atoms. The molecule has 2 aromatic heterocycles. The van der Waals surface area contributed by atoms with Crippen molar-refractivity contribution in [3.8, 4) is 0 Å². The van der Waals surface area contributed by atoms with Crippen molar-refractivity contribution < 1.29 is 4.79 Å². The van der Waals surface area contributed by atoms with Crippen molar-refractivity contribution in [3.63, 3.8) is 0 Å². The van der Waals surface area contributed by atoms with Crippen LogP contribution in [0.5, 0.6) is 0 Å². The van der Waals surface area contributed by atoms with Gasteiger partial charge in [-0.3, -0.25) is 14.5 Å². The van der Waals surface area contributed by atoms with Gasteiger partial charge in [-0.15, -0.1) is 24.8 Å². The summed E-state index contributed by atoms with van der Waals surface area (Å²) < 4.78 is 1.81. The third-order valence-corrected chi connectivity index (χ3v) is 4.89. The predicted octanol–water partition coefficient (Wildman–Crippen LogP) is 3.41. The molecular weight excluding hydrogens is 373 g/mol. The highest BCUT2D eigenvalue weighted by Gasteiger charge is 2.33. The molecule has 0 aromatic carbocycles. The molecule has 0 saturated heterocycles. The number of halogens is 2. The molecule has 3 N–H and O–H groups in total. The molecule has 0 atom stereocenters. The highest BCUT2D eigenvalue weighted by Crippen LogP contribution is 2.38. The van der Waals surface area contributed by atoms with Crippen molar-refractivity contribution in [3.05, 3.63) is 42.5 Å². The Bertz CT molecular complexity index is 671. The molecule has 0 spiro atoms. The second kappa shape index (κ2) is 10.5. The summed E-state index contributed by atoms with van der Waals surface area (Å²) in [6.07, 6.45) is 13.3. The molecule has 0 radical (unpaired) electrons. The van der Waals surface area contributed by atoms with Crippen LogP contribution in [0, 0.1) is 5.41 Å². The first-order chi connectivity index (χ1) is 11.7. The van der Waals surface area contributed by atoms with E-state index in [1.54, 1.807) is 18.6 Å². The maximum Gasteiger partial charge on any atom is 0.225 e. The highest BCUT2D eigenvalue weighted by molar-refractivity contribution is 5.90. The molecule has 3 rings (SSSR count). The Morgan fingerprint density at radius 1 is 1.19 bits per heavy atom. The van der Waals surface area contributed by atoms with E-state index in [0.717, 1.165) is 24.1 Å².